The highest BCUT2D eigenvalue weighted by Gasteiger charge is 2.34. The van der Waals surface area contributed by atoms with Crippen LogP contribution in [0.4, 0.5) is 5.69 Å². The van der Waals surface area contributed by atoms with E-state index in [1.54, 1.807) is 30.3 Å². The zero-order chi connectivity index (χ0) is 31.1. The number of methoxy groups -OCH3 is 1. The number of benzene rings is 3. The molecule has 0 unspecified atom stereocenters. The van der Waals surface area contributed by atoms with Gasteiger partial charge in [-0.2, -0.15) is 0 Å². The Morgan fingerprint density at radius 2 is 1.55 bits per heavy atom. The van der Waals surface area contributed by atoms with E-state index >= 15 is 0 Å². The van der Waals surface area contributed by atoms with Crippen LogP contribution in [0.1, 0.15) is 49.2 Å². The summed E-state index contributed by atoms with van der Waals surface area (Å²) in [7, 11) is -2.41. The summed E-state index contributed by atoms with van der Waals surface area (Å²) in [5.41, 5.74) is 1.45. The molecule has 0 aromatic heterocycles. The highest BCUT2D eigenvalue weighted by atomic mass is 32.2. The summed E-state index contributed by atoms with van der Waals surface area (Å²) in [5.74, 6) is -0.607. The predicted octanol–water partition coefficient (Wildman–Crippen LogP) is 4.22. The second-order valence-corrected chi connectivity index (χ2v) is 13.1. The zero-order valence-corrected chi connectivity index (χ0v) is 25.8. The number of Topliss-reactive ketones (excluding diaryl/α,β-unsaturated/α-hetero) is 1. The number of sulfonamides is 1. The monoisotopic (exact) mass is 593 g/mol. The molecular weight excluding hydrogens is 554 g/mol. The molecule has 224 valence electrons. The van der Waals surface area contributed by atoms with Gasteiger partial charge in [-0.25, -0.2) is 8.42 Å². The average molecular weight is 594 g/mol. The molecule has 1 N–H and O–H groups in total. The summed E-state index contributed by atoms with van der Waals surface area (Å²) in [6.45, 7) is 6.39. The lowest BCUT2D eigenvalue weighted by atomic mass is 10.0. The smallest absolute Gasteiger partial charge is 0.244 e. The summed E-state index contributed by atoms with van der Waals surface area (Å²) >= 11 is 0. The number of rotatable bonds is 12. The van der Waals surface area contributed by atoms with Gasteiger partial charge < -0.3 is 15.0 Å². The fraction of sp³-hybridized carbons (Fsp3) is 0.344. The minimum absolute atomic E-state index is 0.0240. The van der Waals surface area contributed by atoms with Crippen LogP contribution in [0.25, 0.3) is 0 Å². The van der Waals surface area contributed by atoms with Crippen LogP contribution in [0.5, 0.6) is 5.75 Å². The molecule has 0 bridgehead atoms. The lowest BCUT2D eigenvalue weighted by molar-refractivity contribution is -0.140. The predicted molar refractivity (Wildman–Crippen MR) is 164 cm³/mol. The maximum atomic E-state index is 14.2. The Balaban J connectivity index is 2.11. The summed E-state index contributed by atoms with van der Waals surface area (Å²) in [5, 5.41) is 2.99. The molecule has 42 heavy (non-hydrogen) atoms. The van der Waals surface area contributed by atoms with Gasteiger partial charge in [0.1, 0.15) is 18.3 Å². The van der Waals surface area contributed by atoms with Gasteiger partial charge in [-0.3, -0.25) is 18.7 Å². The van der Waals surface area contributed by atoms with Crippen LogP contribution in [0.15, 0.2) is 78.9 Å². The first-order chi connectivity index (χ1) is 19.7. The third kappa shape index (κ3) is 9.17. The number of nitrogens with one attached hydrogen (secondary N) is 1. The van der Waals surface area contributed by atoms with E-state index in [1.807, 2.05) is 57.2 Å². The Labute approximate surface area is 248 Å². The van der Waals surface area contributed by atoms with Crippen LogP contribution in [0, 0.1) is 0 Å². The second-order valence-electron chi connectivity index (χ2n) is 11.2. The van der Waals surface area contributed by atoms with Gasteiger partial charge in [0.15, 0.2) is 5.78 Å². The number of anilines is 1. The van der Waals surface area contributed by atoms with Crippen LogP contribution >= 0.6 is 0 Å². The van der Waals surface area contributed by atoms with Crippen LogP contribution < -0.4 is 14.4 Å². The first kappa shape index (κ1) is 32.3. The molecule has 0 saturated carbocycles. The van der Waals surface area contributed by atoms with Crippen LogP contribution in [0.2, 0.25) is 0 Å². The van der Waals surface area contributed by atoms with E-state index in [9.17, 15) is 22.8 Å². The largest absolute Gasteiger partial charge is 0.497 e. The number of carbonyl (C=O) groups is 3. The number of nitrogens with zero attached hydrogens (tertiary/aromatic N) is 2. The van der Waals surface area contributed by atoms with Gasteiger partial charge in [0.05, 0.1) is 19.1 Å². The van der Waals surface area contributed by atoms with Crippen LogP contribution in [-0.4, -0.2) is 62.4 Å². The minimum atomic E-state index is -3.95. The molecule has 0 spiro atoms. The molecule has 1 atom stereocenters. The zero-order valence-electron chi connectivity index (χ0n) is 25.0. The van der Waals surface area contributed by atoms with Crippen molar-refractivity contribution in [3.8, 4) is 5.75 Å². The van der Waals surface area contributed by atoms with Gasteiger partial charge in [-0.15, -0.1) is 0 Å². The molecule has 2 amide bonds. The van der Waals surface area contributed by atoms with Crippen molar-refractivity contribution in [3.63, 3.8) is 0 Å². The lowest BCUT2D eigenvalue weighted by Gasteiger charge is -2.35. The fourth-order valence-electron chi connectivity index (χ4n) is 4.47. The molecule has 10 heteroatoms. The Bertz CT molecular complexity index is 1520. The molecule has 3 aromatic rings. The van der Waals surface area contributed by atoms with Crippen molar-refractivity contribution in [2.75, 3.05) is 24.2 Å². The van der Waals surface area contributed by atoms with E-state index in [4.69, 9.17) is 4.74 Å². The Morgan fingerprint density at radius 1 is 0.905 bits per heavy atom. The van der Waals surface area contributed by atoms with Gasteiger partial charge in [0.2, 0.25) is 21.8 Å². The molecule has 0 aliphatic heterocycles. The van der Waals surface area contributed by atoms with E-state index in [0.717, 1.165) is 16.1 Å². The Kier molecular flexibility index (Phi) is 10.5. The Hall–Kier alpha value is -4.18. The van der Waals surface area contributed by atoms with Crippen molar-refractivity contribution in [1.82, 2.24) is 10.2 Å². The van der Waals surface area contributed by atoms with Gasteiger partial charge in [-0.1, -0.05) is 54.6 Å². The van der Waals surface area contributed by atoms with Crippen molar-refractivity contribution in [3.05, 3.63) is 95.6 Å². The Morgan fingerprint density at radius 3 is 2.14 bits per heavy atom. The number of ketones is 1. The maximum absolute atomic E-state index is 14.2. The highest BCUT2D eigenvalue weighted by molar-refractivity contribution is 7.92. The molecule has 0 saturated heterocycles. The quantitative estimate of drug-likeness (QED) is 0.315. The second kappa shape index (κ2) is 13.7. The molecule has 3 aromatic carbocycles. The molecular formula is C32H39N3O6S. The van der Waals surface area contributed by atoms with Crippen molar-refractivity contribution in [2.45, 2.75) is 52.2 Å². The number of hydrogen-bond acceptors (Lipinski definition) is 6. The molecule has 9 nitrogen and oxygen atoms in total. The van der Waals surface area contributed by atoms with Crippen molar-refractivity contribution in [1.29, 1.82) is 0 Å². The van der Waals surface area contributed by atoms with Gasteiger partial charge >= 0.3 is 0 Å². The summed E-state index contributed by atoms with van der Waals surface area (Å²) < 4.78 is 32.3. The first-order valence-electron chi connectivity index (χ1n) is 13.5. The topological polar surface area (TPSA) is 113 Å². The van der Waals surface area contributed by atoms with Crippen molar-refractivity contribution < 1.29 is 27.5 Å². The molecule has 0 heterocycles. The first-order valence-corrected chi connectivity index (χ1v) is 15.4. The number of ether oxygens (including phenoxy) is 1. The molecule has 3 rings (SSSR count). The standard InChI is InChI=1S/C32H39N3O6S/c1-23(36)26-15-11-16-27(20-26)35(42(6,39)40)22-30(37)34(21-25-14-10-17-28(18-25)41-5)29(31(38)33-32(2,3)4)19-24-12-8-7-9-13-24/h7-18,20,29H,19,21-22H2,1-6H3,(H,33,38)/t29-/m1/s1. The summed E-state index contributed by atoms with van der Waals surface area (Å²) in [6.07, 6.45) is 1.21. The van der Waals surface area contributed by atoms with E-state index < -0.39 is 34.1 Å². The fourth-order valence-corrected chi connectivity index (χ4v) is 5.31. The minimum Gasteiger partial charge on any atom is -0.497 e. The van der Waals surface area contributed by atoms with Crippen molar-refractivity contribution >= 4 is 33.3 Å². The molecule has 0 radical (unpaired) electrons. The third-order valence-electron chi connectivity index (χ3n) is 6.48. The van der Waals surface area contributed by atoms with E-state index in [1.165, 1.54) is 31.1 Å². The average Bonchev–Trinajstić information content (AvgIpc) is 2.92. The van der Waals surface area contributed by atoms with E-state index in [-0.39, 0.29) is 30.3 Å². The molecule has 0 aliphatic rings. The van der Waals surface area contributed by atoms with Gasteiger partial charge in [-0.05, 0) is 63.1 Å². The van der Waals surface area contributed by atoms with Crippen LogP contribution in [0.3, 0.4) is 0 Å². The summed E-state index contributed by atoms with van der Waals surface area (Å²) in [6, 6.07) is 21.6. The van der Waals surface area contributed by atoms with E-state index in [0.29, 0.717) is 16.9 Å². The molecule has 0 fully saturated rings. The van der Waals surface area contributed by atoms with Crippen molar-refractivity contribution in [2.24, 2.45) is 0 Å². The van der Waals surface area contributed by atoms with E-state index in [2.05, 4.69) is 5.32 Å². The number of hydrogen-bond donors (Lipinski definition) is 1. The molecule has 0 aliphatic carbocycles. The number of carbonyl (C=O) groups excluding carboxylic acids is 3. The van der Waals surface area contributed by atoms with Crippen LogP contribution in [-0.2, 0) is 32.6 Å². The van der Waals surface area contributed by atoms with Gasteiger partial charge in [0, 0.05) is 24.1 Å². The lowest BCUT2D eigenvalue weighted by Crippen LogP contribution is -2.56. The summed E-state index contributed by atoms with van der Waals surface area (Å²) in [4.78, 5) is 41.4. The highest BCUT2D eigenvalue weighted by Crippen LogP contribution is 2.23. The SMILES string of the molecule is COc1cccc(CN(C(=O)CN(c2cccc(C(C)=O)c2)S(C)(=O)=O)[C@H](Cc2ccccc2)C(=O)NC(C)(C)C)c1. The maximum Gasteiger partial charge on any atom is 0.244 e. The third-order valence-corrected chi connectivity index (χ3v) is 7.62. The number of amides is 2. The van der Waals surface area contributed by atoms with Gasteiger partial charge in [0.25, 0.3) is 0 Å². The normalized spacial score (nSPS) is 12.2.